The molecule has 3 nitrogen and oxygen atoms in total. The van der Waals surface area contributed by atoms with Gasteiger partial charge in [-0.15, -0.1) is 0 Å². The largest absolute Gasteiger partial charge is 0.392 e. The number of nitrogens with two attached hydrogens (primary N) is 1. The minimum absolute atomic E-state index is 0.0688. The van der Waals surface area contributed by atoms with E-state index in [1.807, 2.05) is 0 Å². The van der Waals surface area contributed by atoms with E-state index in [1.54, 1.807) is 0 Å². The maximum Gasteiger partial charge on any atom is 0.233 e. The maximum absolute atomic E-state index is 12.4. The highest BCUT2D eigenvalue weighted by Crippen LogP contribution is 2.41. The van der Waals surface area contributed by atoms with Gasteiger partial charge in [-0.1, -0.05) is 37.9 Å². The fourth-order valence-corrected chi connectivity index (χ4v) is 3.51. The smallest absolute Gasteiger partial charge is 0.233 e. The van der Waals surface area contributed by atoms with Crippen molar-refractivity contribution < 1.29 is 4.79 Å². The van der Waals surface area contributed by atoms with Gasteiger partial charge in [-0.2, -0.15) is 0 Å². The number of carbonyl (C=O) groups excluding carboxylic acids is 1. The number of rotatable bonds is 4. The van der Waals surface area contributed by atoms with Crippen LogP contribution in [0, 0.1) is 11.3 Å². The molecule has 1 atom stereocenters. The van der Waals surface area contributed by atoms with Crippen LogP contribution in [0.3, 0.4) is 0 Å². The third-order valence-corrected chi connectivity index (χ3v) is 5.22. The molecule has 2 aliphatic carbocycles. The molecule has 0 heterocycles. The first-order chi connectivity index (χ1) is 8.56. The van der Waals surface area contributed by atoms with E-state index in [4.69, 9.17) is 18.0 Å². The average Bonchev–Trinajstić information content (AvgIpc) is 2.28. The molecule has 0 aromatic heterocycles. The molecule has 4 heteroatoms. The number of carbonyl (C=O) groups is 1. The predicted octanol–water partition coefficient (Wildman–Crippen LogP) is 2.53. The fraction of sp³-hybridized carbons (Fsp3) is 0.857. The molecule has 1 unspecified atom stereocenters. The van der Waals surface area contributed by atoms with E-state index in [2.05, 4.69) is 12.2 Å². The summed E-state index contributed by atoms with van der Waals surface area (Å²) in [6.45, 7) is 2.12. The van der Waals surface area contributed by atoms with Crippen LogP contribution in [0.5, 0.6) is 0 Å². The molecule has 0 saturated heterocycles. The van der Waals surface area contributed by atoms with Crippen LogP contribution in [-0.2, 0) is 4.79 Å². The van der Waals surface area contributed by atoms with Crippen molar-refractivity contribution in [3.8, 4) is 0 Å². The molecular weight excluding hydrogens is 244 g/mol. The van der Waals surface area contributed by atoms with Crippen molar-refractivity contribution in [1.29, 1.82) is 0 Å². The van der Waals surface area contributed by atoms with Crippen molar-refractivity contribution in [2.45, 2.75) is 64.3 Å². The van der Waals surface area contributed by atoms with Gasteiger partial charge in [-0.25, -0.2) is 0 Å². The minimum atomic E-state index is -0.530. The molecule has 2 rings (SSSR count). The van der Waals surface area contributed by atoms with Crippen LogP contribution in [0.4, 0.5) is 0 Å². The lowest BCUT2D eigenvalue weighted by Crippen LogP contribution is -2.55. The number of amides is 1. The second-order valence-electron chi connectivity index (χ2n) is 5.96. The molecule has 1 amide bonds. The standard InChI is InChI=1S/C14H24N2OS/c1-10(11-6-3-2-4-7-11)16-13(17)14(12(15)18)8-5-9-14/h10-11H,2-9H2,1H3,(H2,15,18)(H,16,17). The highest BCUT2D eigenvalue weighted by atomic mass is 32.1. The lowest BCUT2D eigenvalue weighted by Gasteiger charge is -2.41. The Kier molecular flexibility index (Phi) is 4.25. The SMILES string of the molecule is CC(NC(=O)C1(C(N)=S)CCC1)C1CCCCC1. The molecule has 102 valence electrons. The van der Waals surface area contributed by atoms with E-state index >= 15 is 0 Å². The van der Waals surface area contributed by atoms with Gasteiger partial charge in [-0.05, 0) is 38.5 Å². The Balaban J connectivity index is 1.91. The zero-order valence-corrected chi connectivity index (χ0v) is 12.0. The number of thiocarbonyl (C=S) groups is 1. The topological polar surface area (TPSA) is 55.1 Å². The Morgan fingerprint density at radius 3 is 2.33 bits per heavy atom. The Labute approximate surface area is 115 Å². The van der Waals surface area contributed by atoms with Gasteiger partial charge in [0.1, 0.15) is 0 Å². The second kappa shape index (κ2) is 5.55. The van der Waals surface area contributed by atoms with Gasteiger partial charge in [-0.3, -0.25) is 4.79 Å². The van der Waals surface area contributed by atoms with Gasteiger partial charge in [0, 0.05) is 6.04 Å². The molecule has 2 saturated carbocycles. The molecule has 18 heavy (non-hydrogen) atoms. The van der Waals surface area contributed by atoms with Gasteiger partial charge in [0.05, 0.1) is 10.4 Å². The molecule has 0 spiro atoms. The van der Waals surface area contributed by atoms with Crippen LogP contribution in [0.1, 0.15) is 58.3 Å². The van der Waals surface area contributed by atoms with Gasteiger partial charge in [0.2, 0.25) is 5.91 Å². The van der Waals surface area contributed by atoms with Gasteiger partial charge in [0.15, 0.2) is 0 Å². The van der Waals surface area contributed by atoms with E-state index < -0.39 is 5.41 Å². The fourth-order valence-electron chi connectivity index (χ4n) is 3.21. The van der Waals surface area contributed by atoms with Crippen LogP contribution in [0.15, 0.2) is 0 Å². The van der Waals surface area contributed by atoms with E-state index in [0.717, 1.165) is 19.3 Å². The quantitative estimate of drug-likeness (QED) is 0.770. The third kappa shape index (κ3) is 2.53. The highest BCUT2D eigenvalue weighted by Gasteiger charge is 2.47. The van der Waals surface area contributed by atoms with Crippen LogP contribution in [-0.4, -0.2) is 16.9 Å². The summed E-state index contributed by atoms with van der Waals surface area (Å²) in [6.07, 6.45) is 9.12. The zero-order valence-electron chi connectivity index (χ0n) is 11.2. The van der Waals surface area contributed by atoms with E-state index in [0.29, 0.717) is 10.9 Å². The van der Waals surface area contributed by atoms with Gasteiger partial charge >= 0.3 is 0 Å². The van der Waals surface area contributed by atoms with E-state index in [-0.39, 0.29) is 11.9 Å². The first-order valence-electron chi connectivity index (χ1n) is 7.17. The molecule has 0 aromatic carbocycles. The molecule has 2 fully saturated rings. The predicted molar refractivity (Wildman–Crippen MR) is 77.2 cm³/mol. The first kappa shape index (κ1) is 13.8. The molecule has 0 radical (unpaired) electrons. The average molecular weight is 268 g/mol. The van der Waals surface area contributed by atoms with Gasteiger partial charge < -0.3 is 11.1 Å². The lowest BCUT2D eigenvalue weighted by molar-refractivity contribution is -0.131. The normalized spacial score (nSPS) is 24.9. The van der Waals surface area contributed by atoms with Crippen molar-refractivity contribution in [2.24, 2.45) is 17.1 Å². The highest BCUT2D eigenvalue weighted by molar-refractivity contribution is 7.80. The Morgan fingerprint density at radius 1 is 1.28 bits per heavy atom. The molecule has 0 aromatic rings. The second-order valence-corrected chi connectivity index (χ2v) is 6.40. The molecule has 0 bridgehead atoms. The van der Waals surface area contributed by atoms with Crippen molar-refractivity contribution in [3.05, 3.63) is 0 Å². The third-order valence-electron chi connectivity index (χ3n) is 4.83. The monoisotopic (exact) mass is 268 g/mol. The summed E-state index contributed by atoms with van der Waals surface area (Å²) in [5.41, 5.74) is 5.23. The van der Waals surface area contributed by atoms with Crippen molar-refractivity contribution in [1.82, 2.24) is 5.32 Å². The summed E-state index contributed by atoms with van der Waals surface area (Å²) in [6, 6.07) is 0.254. The summed E-state index contributed by atoms with van der Waals surface area (Å²) < 4.78 is 0. The molecule has 2 aliphatic rings. The van der Waals surface area contributed by atoms with Crippen LogP contribution < -0.4 is 11.1 Å². The minimum Gasteiger partial charge on any atom is -0.392 e. The lowest BCUT2D eigenvalue weighted by atomic mass is 9.67. The van der Waals surface area contributed by atoms with Crippen LogP contribution in [0.25, 0.3) is 0 Å². The Bertz CT molecular complexity index is 333. The van der Waals surface area contributed by atoms with Crippen molar-refractivity contribution in [3.63, 3.8) is 0 Å². The van der Waals surface area contributed by atoms with Gasteiger partial charge in [0.25, 0.3) is 0 Å². The summed E-state index contributed by atoms with van der Waals surface area (Å²) in [4.78, 5) is 12.7. The van der Waals surface area contributed by atoms with Crippen LogP contribution in [0.2, 0.25) is 0 Å². The van der Waals surface area contributed by atoms with Crippen molar-refractivity contribution in [2.75, 3.05) is 0 Å². The molecule has 0 aliphatic heterocycles. The Hall–Kier alpha value is -0.640. The Morgan fingerprint density at radius 2 is 1.89 bits per heavy atom. The van der Waals surface area contributed by atoms with E-state index in [9.17, 15) is 4.79 Å². The first-order valence-corrected chi connectivity index (χ1v) is 7.58. The summed E-state index contributed by atoms with van der Waals surface area (Å²) >= 11 is 5.08. The molecular formula is C14H24N2OS. The summed E-state index contributed by atoms with van der Waals surface area (Å²) in [5.74, 6) is 0.700. The number of hydrogen-bond acceptors (Lipinski definition) is 2. The zero-order chi connectivity index (χ0) is 13.2. The summed E-state index contributed by atoms with van der Waals surface area (Å²) in [5, 5.41) is 3.17. The van der Waals surface area contributed by atoms with Crippen molar-refractivity contribution >= 4 is 23.1 Å². The van der Waals surface area contributed by atoms with E-state index in [1.165, 1.54) is 32.1 Å². The maximum atomic E-state index is 12.4. The van der Waals surface area contributed by atoms with Crippen LogP contribution >= 0.6 is 12.2 Å². The summed E-state index contributed by atoms with van der Waals surface area (Å²) in [7, 11) is 0. The molecule has 3 N–H and O–H groups in total. The number of hydrogen-bond donors (Lipinski definition) is 2. The number of nitrogens with one attached hydrogen (secondary N) is 1.